The average molecular weight is 394 g/mol. The zero-order chi connectivity index (χ0) is 20.5. The highest BCUT2D eigenvalue weighted by Gasteiger charge is 2.44. The third-order valence-corrected chi connectivity index (χ3v) is 5.03. The molecule has 0 bridgehead atoms. The first-order valence-corrected chi connectivity index (χ1v) is 9.11. The Hall–Kier alpha value is -3.52. The molecule has 0 spiro atoms. The number of hydrogen-bond donors (Lipinski definition) is 1. The number of benzene rings is 2. The first-order valence-electron chi connectivity index (χ1n) is 9.11. The number of carbonyl (C=O) groups is 2. The van der Waals surface area contributed by atoms with Crippen LogP contribution in [0.15, 0.2) is 65.2 Å². The number of halogens is 1. The van der Waals surface area contributed by atoms with E-state index >= 15 is 0 Å². The number of nitrogens with zero attached hydrogens (tertiary/aromatic N) is 3. The second-order valence-electron chi connectivity index (χ2n) is 6.81. The maximum absolute atomic E-state index is 13.9. The lowest BCUT2D eigenvalue weighted by Crippen LogP contribution is -2.45. The van der Waals surface area contributed by atoms with E-state index in [-0.39, 0.29) is 29.0 Å². The minimum Gasteiger partial charge on any atom is -0.355 e. The summed E-state index contributed by atoms with van der Waals surface area (Å²) in [5.41, 5.74) is 0.898. The van der Waals surface area contributed by atoms with Crippen LogP contribution in [0.4, 0.5) is 10.1 Å². The SMILES string of the molecule is CC1C(NC(=O)c2cc(-c3ccccc3F)on2)C(=O)N(c2ccccc2)N1C. The first-order chi connectivity index (χ1) is 14.0. The summed E-state index contributed by atoms with van der Waals surface area (Å²) >= 11 is 0. The Morgan fingerprint density at radius 3 is 2.55 bits per heavy atom. The fourth-order valence-electron chi connectivity index (χ4n) is 3.34. The van der Waals surface area contributed by atoms with Gasteiger partial charge in [-0.3, -0.25) is 9.59 Å². The summed E-state index contributed by atoms with van der Waals surface area (Å²) in [6, 6.07) is 15.6. The highest BCUT2D eigenvalue weighted by molar-refractivity contribution is 6.03. The Labute approximate surface area is 166 Å². The number of hydrazine groups is 1. The molecule has 8 heteroatoms. The molecule has 0 aliphatic carbocycles. The summed E-state index contributed by atoms with van der Waals surface area (Å²) in [4.78, 5) is 25.6. The largest absolute Gasteiger partial charge is 0.355 e. The molecule has 1 aliphatic heterocycles. The van der Waals surface area contributed by atoms with Gasteiger partial charge in [-0.15, -0.1) is 0 Å². The Morgan fingerprint density at radius 2 is 1.83 bits per heavy atom. The Morgan fingerprint density at radius 1 is 1.14 bits per heavy atom. The van der Waals surface area contributed by atoms with Crippen LogP contribution in [0.25, 0.3) is 11.3 Å². The molecule has 7 nitrogen and oxygen atoms in total. The van der Waals surface area contributed by atoms with Crippen molar-refractivity contribution in [3.8, 4) is 11.3 Å². The monoisotopic (exact) mass is 394 g/mol. The van der Waals surface area contributed by atoms with Crippen molar-refractivity contribution in [2.45, 2.75) is 19.0 Å². The molecule has 1 N–H and O–H groups in total. The Bertz CT molecular complexity index is 1050. The molecule has 3 aromatic rings. The molecule has 2 aromatic carbocycles. The van der Waals surface area contributed by atoms with Crippen LogP contribution < -0.4 is 10.3 Å². The second kappa shape index (κ2) is 7.48. The predicted octanol–water partition coefficient (Wildman–Crippen LogP) is 2.86. The van der Waals surface area contributed by atoms with Crippen molar-refractivity contribution in [1.82, 2.24) is 15.5 Å². The van der Waals surface area contributed by atoms with Crippen molar-refractivity contribution in [3.05, 3.63) is 72.2 Å². The van der Waals surface area contributed by atoms with E-state index in [1.54, 1.807) is 24.2 Å². The molecule has 1 aromatic heterocycles. The van der Waals surface area contributed by atoms with Crippen LogP contribution in [0.1, 0.15) is 17.4 Å². The second-order valence-corrected chi connectivity index (χ2v) is 6.81. The molecule has 4 rings (SSSR count). The fraction of sp³-hybridized carbons (Fsp3) is 0.190. The molecule has 1 fully saturated rings. The molecular weight excluding hydrogens is 375 g/mol. The molecule has 2 heterocycles. The third kappa shape index (κ3) is 3.38. The van der Waals surface area contributed by atoms with Crippen molar-refractivity contribution < 1.29 is 18.5 Å². The molecule has 0 saturated carbocycles. The lowest BCUT2D eigenvalue weighted by atomic mass is 10.1. The number of carbonyl (C=O) groups excluding carboxylic acids is 2. The molecule has 148 valence electrons. The lowest BCUT2D eigenvalue weighted by Gasteiger charge is -2.26. The van der Waals surface area contributed by atoms with Gasteiger partial charge in [0.2, 0.25) is 0 Å². The van der Waals surface area contributed by atoms with Gasteiger partial charge in [-0.1, -0.05) is 35.5 Å². The average Bonchev–Trinajstić information content (AvgIpc) is 3.29. The number of para-hydroxylation sites is 1. The van der Waals surface area contributed by atoms with Crippen LogP contribution in [0.3, 0.4) is 0 Å². The lowest BCUT2D eigenvalue weighted by molar-refractivity contribution is -0.119. The van der Waals surface area contributed by atoms with Crippen molar-refractivity contribution in [2.75, 3.05) is 12.1 Å². The van der Waals surface area contributed by atoms with Crippen LogP contribution in [0, 0.1) is 5.82 Å². The van der Waals surface area contributed by atoms with E-state index in [1.807, 2.05) is 37.3 Å². The van der Waals surface area contributed by atoms with Gasteiger partial charge in [0.05, 0.1) is 17.3 Å². The Balaban J connectivity index is 1.53. The highest BCUT2D eigenvalue weighted by atomic mass is 19.1. The third-order valence-electron chi connectivity index (χ3n) is 5.03. The van der Waals surface area contributed by atoms with Gasteiger partial charge in [-0.05, 0) is 31.2 Å². The van der Waals surface area contributed by atoms with Crippen molar-refractivity contribution in [2.24, 2.45) is 0 Å². The van der Waals surface area contributed by atoms with Crippen molar-refractivity contribution in [3.63, 3.8) is 0 Å². The van der Waals surface area contributed by atoms with Crippen molar-refractivity contribution >= 4 is 17.5 Å². The van der Waals surface area contributed by atoms with Crippen LogP contribution in [-0.2, 0) is 4.79 Å². The van der Waals surface area contributed by atoms with E-state index in [4.69, 9.17) is 4.52 Å². The minimum atomic E-state index is -0.763. The summed E-state index contributed by atoms with van der Waals surface area (Å²) < 4.78 is 19.0. The first kappa shape index (κ1) is 18.8. The van der Waals surface area contributed by atoms with Gasteiger partial charge in [0.1, 0.15) is 11.9 Å². The molecule has 29 heavy (non-hydrogen) atoms. The van der Waals surface area contributed by atoms with Gasteiger partial charge in [-0.2, -0.15) is 0 Å². The standard InChI is InChI=1S/C21H19FN4O3/c1-13-19(21(28)26(25(13)2)14-8-4-3-5-9-14)23-20(27)17-12-18(29-24-17)15-10-6-7-11-16(15)22/h3-13,19H,1-2H3,(H,23,27). The zero-order valence-corrected chi connectivity index (χ0v) is 15.9. The number of aromatic nitrogens is 1. The number of nitrogens with one attached hydrogen (secondary N) is 1. The van der Waals surface area contributed by atoms with Gasteiger partial charge in [0.15, 0.2) is 11.5 Å². The summed E-state index contributed by atoms with van der Waals surface area (Å²) in [5.74, 6) is -1.15. The quantitative estimate of drug-likeness (QED) is 0.736. The van der Waals surface area contributed by atoms with E-state index in [1.165, 1.54) is 23.2 Å². The topological polar surface area (TPSA) is 78.7 Å². The van der Waals surface area contributed by atoms with Crippen LogP contribution in [0.5, 0.6) is 0 Å². The predicted molar refractivity (Wildman–Crippen MR) is 104 cm³/mol. The number of amides is 2. The fourth-order valence-corrected chi connectivity index (χ4v) is 3.34. The zero-order valence-electron chi connectivity index (χ0n) is 15.9. The Kier molecular flexibility index (Phi) is 4.85. The van der Waals surface area contributed by atoms with Crippen LogP contribution >= 0.6 is 0 Å². The number of anilines is 1. The molecule has 1 aliphatic rings. The van der Waals surface area contributed by atoms with Crippen LogP contribution in [-0.4, -0.2) is 41.1 Å². The van der Waals surface area contributed by atoms with Gasteiger partial charge < -0.3 is 9.84 Å². The number of likely N-dealkylation sites (N-methyl/N-ethyl adjacent to an activating group) is 1. The van der Waals surface area contributed by atoms with Gasteiger partial charge in [-0.25, -0.2) is 14.4 Å². The van der Waals surface area contributed by atoms with Gasteiger partial charge in [0, 0.05) is 13.1 Å². The normalized spacial score (nSPS) is 19.6. The number of rotatable bonds is 4. The summed E-state index contributed by atoms with van der Waals surface area (Å²) in [6.45, 7) is 1.85. The maximum Gasteiger partial charge on any atom is 0.274 e. The van der Waals surface area contributed by atoms with Gasteiger partial charge >= 0.3 is 0 Å². The van der Waals surface area contributed by atoms with E-state index in [0.29, 0.717) is 5.69 Å². The van der Waals surface area contributed by atoms with Crippen LogP contribution in [0.2, 0.25) is 0 Å². The molecule has 2 unspecified atom stereocenters. The van der Waals surface area contributed by atoms with Gasteiger partial charge in [0.25, 0.3) is 11.8 Å². The van der Waals surface area contributed by atoms with E-state index in [0.717, 1.165) is 0 Å². The van der Waals surface area contributed by atoms with E-state index in [2.05, 4.69) is 10.5 Å². The molecule has 1 saturated heterocycles. The molecular formula is C21H19FN4O3. The molecule has 0 radical (unpaired) electrons. The van der Waals surface area contributed by atoms with E-state index < -0.39 is 17.8 Å². The molecule has 2 amide bonds. The number of hydrogen-bond acceptors (Lipinski definition) is 5. The van der Waals surface area contributed by atoms with Crippen molar-refractivity contribution in [1.29, 1.82) is 0 Å². The summed E-state index contributed by atoms with van der Waals surface area (Å²) in [6.07, 6.45) is 0. The maximum atomic E-state index is 13.9. The molecule has 2 atom stereocenters. The minimum absolute atomic E-state index is 0.0240. The highest BCUT2D eigenvalue weighted by Crippen LogP contribution is 2.26. The smallest absolute Gasteiger partial charge is 0.274 e. The summed E-state index contributed by atoms with van der Waals surface area (Å²) in [5, 5.41) is 9.75. The summed E-state index contributed by atoms with van der Waals surface area (Å²) in [7, 11) is 1.79. The van der Waals surface area contributed by atoms with E-state index in [9.17, 15) is 14.0 Å².